The smallest absolute Gasteiger partial charge is 0.0442 e. The second-order valence-electron chi connectivity index (χ2n) is 5.74. The van der Waals surface area contributed by atoms with Crippen molar-refractivity contribution in [1.29, 1.82) is 0 Å². The lowest BCUT2D eigenvalue weighted by molar-refractivity contribution is 0.677. The Morgan fingerprint density at radius 2 is 1.57 bits per heavy atom. The molecule has 0 amide bonds. The van der Waals surface area contributed by atoms with Crippen molar-refractivity contribution in [3.8, 4) is 0 Å². The molecule has 21 heavy (non-hydrogen) atoms. The van der Waals surface area contributed by atoms with Crippen LogP contribution in [0.5, 0.6) is 0 Å². The van der Waals surface area contributed by atoms with Gasteiger partial charge in [-0.05, 0) is 42.9 Å². The van der Waals surface area contributed by atoms with Crippen molar-refractivity contribution < 1.29 is 0 Å². The molecule has 0 bridgehead atoms. The van der Waals surface area contributed by atoms with E-state index in [9.17, 15) is 0 Å². The van der Waals surface area contributed by atoms with Crippen LogP contribution >= 0.6 is 0 Å². The van der Waals surface area contributed by atoms with Gasteiger partial charge >= 0.3 is 0 Å². The summed E-state index contributed by atoms with van der Waals surface area (Å²) in [6, 6.07) is 4.65. The minimum Gasteiger partial charge on any atom is -0.371 e. The summed E-state index contributed by atoms with van der Waals surface area (Å²) in [4.78, 5) is 2.57. The lowest BCUT2D eigenvalue weighted by Gasteiger charge is -2.28. The van der Waals surface area contributed by atoms with E-state index < -0.39 is 0 Å². The van der Waals surface area contributed by atoms with Crippen molar-refractivity contribution in [2.75, 3.05) is 18.0 Å². The lowest BCUT2D eigenvalue weighted by Crippen LogP contribution is -2.26. The van der Waals surface area contributed by atoms with E-state index in [0.29, 0.717) is 0 Å². The first-order valence-corrected chi connectivity index (χ1v) is 8.75. The Balaban J connectivity index is 3.19. The van der Waals surface area contributed by atoms with Crippen molar-refractivity contribution in [3.63, 3.8) is 0 Å². The van der Waals surface area contributed by atoms with Crippen molar-refractivity contribution in [1.82, 2.24) is 0 Å². The van der Waals surface area contributed by atoms with Gasteiger partial charge in [-0.1, -0.05) is 59.3 Å². The van der Waals surface area contributed by atoms with Gasteiger partial charge in [0.15, 0.2) is 0 Å². The van der Waals surface area contributed by atoms with Gasteiger partial charge in [0.1, 0.15) is 0 Å². The molecule has 0 heterocycles. The molecular formula is C20H33N. The number of rotatable bonds is 10. The van der Waals surface area contributed by atoms with Crippen LogP contribution in [0.15, 0.2) is 18.7 Å². The summed E-state index contributed by atoms with van der Waals surface area (Å²) in [5.41, 5.74) is 5.72. The van der Waals surface area contributed by atoms with Crippen LogP contribution in [-0.4, -0.2) is 13.1 Å². The van der Waals surface area contributed by atoms with Gasteiger partial charge in [-0.3, -0.25) is 0 Å². The van der Waals surface area contributed by atoms with Gasteiger partial charge in [0.05, 0.1) is 0 Å². The van der Waals surface area contributed by atoms with E-state index in [1.54, 1.807) is 0 Å². The first-order chi connectivity index (χ1) is 10.2. The van der Waals surface area contributed by atoms with E-state index in [0.717, 1.165) is 25.9 Å². The SMILES string of the molecule is C=Cc1c(N(CCCC)CCCC)ccc(CC)c1CC. The van der Waals surface area contributed by atoms with E-state index in [1.165, 1.54) is 48.1 Å². The maximum absolute atomic E-state index is 4.09. The summed E-state index contributed by atoms with van der Waals surface area (Å²) in [6.07, 6.45) is 9.29. The number of aryl methyl sites for hydroxylation is 1. The van der Waals surface area contributed by atoms with Crippen LogP contribution in [0.1, 0.15) is 70.1 Å². The van der Waals surface area contributed by atoms with Crippen LogP contribution in [0.25, 0.3) is 6.08 Å². The average Bonchev–Trinajstić information content (AvgIpc) is 2.53. The molecule has 1 heteroatoms. The summed E-state index contributed by atoms with van der Waals surface area (Å²) in [6.45, 7) is 15.4. The Bertz CT molecular complexity index is 426. The third-order valence-electron chi connectivity index (χ3n) is 4.27. The van der Waals surface area contributed by atoms with Crippen molar-refractivity contribution in [2.24, 2.45) is 0 Å². The molecule has 0 saturated heterocycles. The molecule has 0 atom stereocenters. The predicted octanol–water partition coefficient (Wildman–Crippen LogP) is 5.86. The molecule has 0 aliphatic carbocycles. The largest absolute Gasteiger partial charge is 0.371 e. The minimum absolute atomic E-state index is 1.09. The van der Waals surface area contributed by atoms with Gasteiger partial charge in [-0.15, -0.1) is 0 Å². The van der Waals surface area contributed by atoms with E-state index in [-0.39, 0.29) is 0 Å². The van der Waals surface area contributed by atoms with Crippen LogP contribution in [0.2, 0.25) is 0 Å². The molecule has 0 N–H and O–H groups in total. The fraction of sp³-hybridized carbons (Fsp3) is 0.600. The molecule has 118 valence electrons. The van der Waals surface area contributed by atoms with Gasteiger partial charge in [0.25, 0.3) is 0 Å². The van der Waals surface area contributed by atoms with Crippen molar-refractivity contribution in [3.05, 3.63) is 35.4 Å². The molecule has 1 aromatic carbocycles. The number of hydrogen-bond acceptors (Lipinski definition) is 1. The highest BCUT2D eigenvalue weighted by atomic mass is 15.1. The molecule has 1 aromatic rings. The summed E-state index contributed by atoms with van der Waals surface area (Å²) in [5, 5.41) is 0. The molecule has 0 unspecified atom stereocenters. The summed E-state index contributed by atoms with van der Waals surface area (Å²) in [7, 11) is 0. The van der Waals surface area contributed by atoms with Gasteiger partial charge in [-0.2, -0.15) is 0 Å². The Morgan fingerprint density at radius 1 is 0.952 bits per heavy atom. The second-order valence-corrected chi connectivity index (χ2v) is 5.74. The van der Waals surface area contributed by atoms with Gasteiger partial charge in [-0.25, -0.2) is 0 Å². The first kappa shape index (κ1) is 17.8. The normalized spacial score (nSPS) is 10.7. The van der Waals surface area contributed by atoms with Crippen LogP contribution in [0.4, 0.5) is 5.69 Å². The van der Waals surface area contributed by atoms with Gasteiger partial charge < -0.3 is 4.90 Å². The quantitative estimate of drug-likeness (QED) is 0.521. The van der Waals surface area contributed by atoms with E-state index >= 15 is 0 Å². The number of hydrogen-bond donors (Lipinski definition) is 0. The fourth-order valence-electron chi connectivity index (χ4n) is 3.00. The van der Waals surface area contributed by atoms with E-state index in [4.69, 9.17) is 0 Å². The lowest BCUT2D eigenvalue weighted by atomic mass is 9.94. The average molecular weight is 287 g/mol. The van der Waals surface area contributed by atoms with Crippen LogP contribution in [-0.2, 0) is 12.8 Å². The first-order valence-electron chi connectivity index (χ1n) is 8.75. The third kappa shape index (κ3) is 4.62. The number of anilines is 1. The predicted molar refractivity (Wildman–Crippen MR) is 97.3 cm³/mol. The fourth-order valence-corrected chi connectivity index (χ4v) is 3.00. The zero-order valence-electron chi connectivity index (χ0n) is 14.5. The highest BCUT2D eigenvalue weighted by Crippen LogP contribution is 2.29. The highest BCUT2D eigenvalue weighted by molar-refractivity contribution is 5.71. The van der Waals surface area contributed by atoms with E-state index in [2.05, 4.69) is 57.4 Å². The molecule has 1 nitrogen and oxygen atoms in total. The third-order valence-corrected chi connectivity index (χ3v) is 4.27. The maximum atomic E-state index is 4.09. The molecule has 0 saturated carbocycles. The zero-order valence-corrected chi connectivity index (χ0v) is 14.5. The van der Waals surface area contributed by atoms with Crippen LogP contribution < -0.4 is 4.90 Å². The maximum Gasteiger partial charge on any atom is 0.0442 e. The number of benzene rings is 1. The second kappa shape index (κ2) is 9.65. The van der Waals surface area contributed by atoms with Crippen LogP contribution in [0.3, 0.4) is 0 Å². The monoisotopic (exact) mass is 287 g/mol. The highest BCUT2D eigenvalue weighted by Gasteiger charge is 2.14. The topological polar surface area (TPSA) is 3.24 Å². The Morgan fingerprint density at radius 3 is 2.00 bits per heavy atom. The summed E-state index contributed by atoms with van der Waals surface area (Å²) < 4.78 is 0. The Hall–Kier alpha value is -1.24. The molecule has 1 rings (SSSR count). The molecule has 0 radical (unpaired) electrons. The van der Waals surface area contributed by atoms with Crippen LogP contribution in [0, 0.1) is 0 Å². The van der Waals surface area contributed by atoms with Crippen molar-refractivity contribution in [2.45, 2.75) is 66.2 Å². The van der Waals surface area contributed by atoms with Gasteiger partial charge in [0.2, 0.25) is 0 Å². The van der Waals surface area contributed by atoms with E-state index in [1.807, 2.05) is 0 Å². The molecular weight excluding hydrogens is 254 g/mol. The molecule has 0 spiro atoms. The minimum atomic E-state index is 1.09. The molecule has 0 aliphatic rings. The number of nitrogens with zero attached hydrogens (tertiary/aromatic N) is 1. The molecule has 0 aliphatic heterocycles. The number of unbranched alkanes of at least 4 members (excludes halogenated alkanes) is 2. The molecule has 0 fully saturated rings. The summed E-state index contributed by atoms with van der Waals surface area (Å²) in [5.74, 6) is 0. The Labute approximate surface area is 132 Å². The summed E-state index contributed by atoms with van der Waals surface area (Å²) >= 11 is 0. The zero-order chi connectivity index (χ0) is 15.7. The Kier molecular flexibility index (Phi) is 8.19. The van der Waals surface area contributed by atoms with Gasteiger partial charge in [0, 0.05) is 24.3 Å². The van der Waals surface area contributed by atoms with Crippen molar-refractivity contribution >= 4 is 11.8 Å². The standard InChI is InChI=1S/C20H33N/c1-6-11-15-21(16-12-7-2)20-14-13-17(8-3)18(9-4)19(20)10-5/h10,13-14H,5-9,11-12,15-16H2,1-4H3. The molecule has 0 aromatic heterocycles.